The molecule has 0 aromatic carbocycles. The van der Waals surface area contributed by atoms with Crippen LogP contribution in [-0.4, -0.2) is 12.7 Å². The number of hydrogen-bond donors (Lipinski definition) is 1. The van der Waals surface area contributed by atoms with Crippen LogP contribution in [0.1, 0.15) is 53.9 Å². The molecule has 90 valence electrons. The Balaban J connectivity index is -0.000000605. The summed E-state index contributed by atoms with van der Waals surface area (Å²) >= 11 is 0. The first-order chi connectivity index (χ1) is 5.48. The molecular formula is C11H28ClNO. The summed E-state index contributed by atoms with van der Waals surface area (Å²) in [7, 11) is 0. The third-order valence-electron chi connectivity index (χ3n) is 2.34. The molecule has 1 atom stereocenters. The lowest BCUT2D eigenvalue weighted by Gasteiger charge is -2.27. The Labute approximate surface area is 95.8 Å². The Morgan fingerprint density at radius 3 is 2.00 bits per heavy atom. The highest BCUT2D eigenvalue weighted by atomic mass is 35.5. The van der Waals surface area contributed by atoms with Crippen molar-refractivity contribution in [1.82, 2.24) is 6.15 Å². The van der Waals surface area contributed by atoms with Crippen molar-refractivity contribution in [2.24, 2.45) is 5.41 Å². The van der Waals surface area contributed by atoms with E-state index in [1.165, 1.54) is 19.3 Å². The van der Waals surface area contributed by atoms with Crippen molar-refractivity contribution in [3.8, 4) is 0 Å². The van der Waals surface area contributed by atoms with E-state index in [0.29, 0.717) is 6.10 Å². The van der Waals surface area contributed by atoms with Gasteiger partial charge in [0.15, 0.2) is 0 Å². The van der Waals surface area contributed by atoms with Crippen LogP contribution in [-0.2, 0) is 4.74 Å². The standard InChI is InChI=1S/C11H24O.ClH.H3N/c1-6-7-8-9-12-10(2)11(3,4)5;;/h10H,6-9H2,1-5H3;1H;1H3. The molecule has 0 amide bonds. The second-order valence-electron chi connectivity index (χ2n) is 4.59. The fourth-order valence-corrected chi connectivity index (χ4v) is 0.862. The molecule has 0 spiro atoms. The minimum atomic E-state index is 0. The first-order valence-electron chi connectivity index (χ1n) is 5.10. The summed E-state index contributed by atoms with van der Waals surface area (Å²) in [4.78, 5) is 0. The van der Waals surface area contributed by atoms with Gasteiger partial charge in [0, 0.05) is 6.61 Å². The molecule has 0 aliphatic heterocycles. The van der Waals surface area contributed by atoms with Crippen LogP contribution in [0.15, 0.2) is 0 Å². The molecular weight excluding hydrogens is 198 g/mol. The molecule has 0 saturated carbocycles. The van der Waals surface area contributed by atoms with Gasteiger partial charge in [-0.1, -0.05) is 40.5 Å². The van der Waals surface area contributed by atoms with Gasteiger partial charge in [-0.25, -0.2) is 0 Å². The molecule has 0 bridgehead atoms. The maximum atomic E-state index is 5.71. The Kier molecular flexibility index (Phi) is 13.7. The molecule has 0 aromatic heterocycles. The summed E-state index contributed by atoms with van der Waals surface area (Å²) < 4.78 is 5.71. The van der Waals surface area contributed by atoms with Gasteiger partial charge in [0.05, 0.1) is 6.10 Å². The summed E-state index contributed by atoms with van der Waals surface area (Å²) in [5.74, 6) is 0. The van der Waals surface area contributed by atoms with E-state index in [-0.39, 0.29) is 24.0 Å². The zero-order valence-electron chi connectivity index (χ0n) is 10.4. The lowest BCUT2D eigenvalue weighted by atomic mass is 9.90. The van der Waals surface area contributed by atoms with E-state index in [9.17, 15) is 0 Å². The van der Waals surface area contributed by atoms with E-state index in [1.54, 1.807) is 0 Å². The van der Waals surface area contributed by atoms with Crippen LogP contribution in [0.3, 0.4) is 0 Å². The zero-order valence-corrected chi connectivity index (χ0v) is 11.2. The molecule has 0 saturated heterocycles. The molecule has 3 heteroatoms. The zero-order chi connectivity index (χ0) is 9.61. The number of ether oxygens (including phenoxy) is 1. The topological polar surface area (TPSA) is 44.2 Å². The van der Waals surface area contributed by atoms with Crippen molar-refractivity contribution in [2.45, 2.75) is 60.0 Å². The molecule has 0 heterocycles. The quantitative estimate of drug-likeness (QED) is 0.713. The molecule has 14 heavy (non-hydrogen) atoms. The van der Waals surface area contributed by atoms with Crippen LogP contribution in [0.4, 0.5) is 0 Å². The van der Waals surface area contributed by atoms with Crippen molar-refractivity contribution in [2.75, 3.05) is 6.61 Å². The van der Waals surface area contributed by atoms with Gasteiger partial charge in [0.25, 0.3) is 0 Å². The number of unbranched alkanes of at least 4 members (excludes halogenated alkanes) is 2. The van der Waals surface area contributed by atoms with Crippen molar-refractivity contribution < 1.29 is 4.74 Å². The van der Waals surface area contributed by atoms with Gasteiger partial charge in [-0.2, -0.15) is 0 Å². The minimum absolute atomic E-state index is 0. The smallest absolute Gasteiger partial charge is 0.0595 e. The molecule has 3 N–H and O–H groups in total. The summed E-state index contributed by atoms with van der Waals surface area (Å²) in [5.41, 5.74) is 0.284. The fourth-order valence-electron chi connectivity index (χ4n) is 0.862. The maximum Gasteiger partial charge on any atom is 0.0595 e. The van der Waals surface area contributed by atoms with Gasteiger partial charge >= 0.3 is 0 Å². The minimum Gasteiger partial charge on any atom is -0.378 e. The highest BCUT2D eigenvalue weighted by molar-refractivity contribution is 5.85. The summed E-state index contributed by atoms with van der Waals surface area (Å²) in [6, 6.07) is 0. The first-order valence-corrected chi connectivity index (χ1v) is 5.10. The summed E-state index contributed by atoms with van der Waals surface area (Å²) in [5, 5.41) is 0. The van der Waals surface area contributed by atoms with Crippen LogP contribution < -0.4 is 6.15 Å². The van der Waals surface area contributed by atoms with Crippen LogP contribution >= 0.6 is 12.4 Å². The first kappa shape index (κ1) is 19.7. The molecule has 0 aliphatic rings. The lowest BCUT2D eigenvalue weighted by molar-refractivity contribution is -0.00630. The number of hydrogen-bond acceptors (Lipinski definition) is 2. The van der Waals surface area contributed by atoms with Crippen molar-refractivity contribution >= 4 is 12.4 Å². The van der Waals surface area contributed by atoms with Crippen molar-refractivity contribution in [3.63, 3.8) is 0 Å². The van der Waals surface area contributed by atoms with E-state index < -0.39 is 0 Å². The van der Waals surface area contributed by atoms with Crippen LogP contribution in [0.2, 0.25) is 0 Å². The SMILES string of the molecule is CCCCCOC(C)C(C)(C)C.Cl.N. The van der Waals surface area contributed by atoms with Crippen LogP contribution in [0.25, 0.3) is 0 Å². The summed E-state index contributed by atoms with van der Waals surface area (Å²) in [6.07, 6.45) is 4.13. The molecule has 1 unspecified atom stereocenters. The lowest BCUT2D eigenvalue weighted by Crippen LogP contribution is -2.26. The molecule has 0 fully saturated rings. The Morgan fingerprint density at radius 1 is 1.14 bits per heavy atom. The third-order valence-corrected chi connectivity index (χ3v) is 2.34. The molecule has 0 radical (unpaired) electrons. The second-order valence-corrected chi connectivity index (χ2v) is 4.59. The fraction of sp³-hybridized carbons (Fsp3) is 1.00. The van der Waals surface area contributed by atoms with E-state index in [4.69, 9.17) is 4.74 Å². The van der Waals surface area contributed by atoms with Gasteiger partial charge < -0.3 is 10.9 Å². The van der Waals surface area contributed by atoms with Crippen LogP contribution in [0.5, 0.6) is 0 Å². The summed E-state index contributed by atoms with van der Waals surface area (Å²) in [6.45, 7) is 12.0. The van der Waals surface area contributed by atoms with Gasteiger partial charge in [-0.3, -0.25) is 0 Å². The largest absolute Gasteiger partial charge is 0.378 e. The highest BCUT2D eigenvalue weighted by Crippen LogP contribution is 2.21. The van der Waals surface area contributed by atoms with Crippen molar-refractivity contribution in [1.29, 1.82) is 0 Å². The number of halogens is 1. The Morgan fingerprint density at radius 2 is 1.64 bits per heavy atom. The molecule has 2 nitrogen and oxygen atoms in total. The molecule has 0 aliphatic carbocycles. The average molecular weight is 226 g/mol. The predicted molar refractivity (Wildman–Crippen MR) is 66.7 cm³/mol. The van der Waals surface area contributed by atoms with E-state index in [0.717, 1.165) is 6.61 Å². The van der Waals surface area contributed by atoms with E-state index in [2.05, 4.69) is 34.6 Å². The molecule has 0 rings (SSSR count). The van der Waals surface area contributed by atoms with Gasteiger partial charge in [0.2, 0.25) is 0 Å². The maximum absolute atomic E-state index is 5.71. The Bertz CT molecular complexity index is 112. The van der Waals surface area contributed by atoms with Gasteiger partial charge in [-0.05, 0) is 18.8 Å². The Hall–Kier alpha value is 0.210. The predicted octanol–water partition coefficient (Wildman–Crippen LogP) is 4.21. The normalized spacial score (nSPS) is 12.6. The second kappa shape index (κ2) is 9.75. The third kappa shape index (κ3) is 10.3. The van der Waals surface area contributed by atoms with Crippen LogP contribution in [0, 0.1) is 5.41 Å². The number of rotatable bonds is 5. The molecule has 0 aromatic rings. The monoisotopic (exact) mass is 225 g/mol. The van der Waals surface area contributed by atoms with E-state index >= 15 is 0 Å². The highest BCUT2D eigenvalue weighted by Gasteiger charge is 2.19. The average Bonchev–Trinajstić information content (AvgIpc) is 1.96. The van der Waals surface area contributed by atoms with Gasteiger partial charge in [0.1, 0.15) is 0 Å². The van der Waals surface area contributed by atoms with E-state index in [1.807, 2.05) is 0 Å². The van der Waals surface area contributed by atoms with Crippen molar-refractivity contribution in [3.05, 3.63) is 0 Å². The van der Waals surface area contributed by atoms with Gasteiger partial charge in [-0.15, -0.1) is 12.4 Å².